The van der Waals surface area contributed by atoms with Crippen molar-refractivity contribution >= 4 is 11.6 Å². The van der Waals surface area contributed by atoms with Crippen molar-refractivity contribution in [2.75, 3.05) is 20.0 Å². The predicted molar refractivity (Wildman–Crippen MR) is 78.2 cm³/mol. The number of amides is 1. The van der Waals surface area contributed by atoms with Gasteiger partial charge in [-0.25, -0.2) is 0 Å². The third kappa shape index (κ3) is 2.81. The maximum atomic E-state index is 12.3. The standard InChI is InChI=1S/C15H22N2O3/c1-9-5-4-6-12(9)17-15(18)10-7-13(19-2)14(20-3)8-11(10)16/h7-9,12H,4-6,16H2,1-3H3,(H,17,18). The van der Waals surface area contributed by atoms with Gasteiger partial charge >= 0.3 is 0 Å². The van der Waals surface area contributed by atoms with E-state index < -0.39 is 0 Å². The van der Waals surface area contributed by atoms with E-state index in [1.807, 2.05) is 0 Å². The van der Waals surface area contributed by atoms with Crippen LogP contribution in [0, 0.1) is 5.92 Å². The number of hydrogen-bond acceptors (Lipinski definition) is 4. The van der Waals surface area contributed by atoms with Gasteiger partial charge in [0.1, 0.15) is 0 Å². The first-order valence-electron chi connectivity index (χ1n) is 6.89. The van der Waals surface area contributed by atoms with Crippen molar-refractivity contribution in [1.29, 1.82) is 0 Å². The molecule has 2 atom stereocenters. The molecule has 0 aliphatic heterocycles. The van der Waals surface area contributed by atoms with Gasteiger partial charge in [0.25, 0.3) is 5.91 Å². The summed E-state index contributed by atoms with van der Waals surface area (Å²) in [6.45, 7) is 2.16. The molecule has 0 aromatic heterocycles. The van der Waals surface area contributed by atoms with Crippen LogP contribution in [0.15, 0.2) is 12.1 Å². The normalized spacial score (nSPS) is 21.6. The largest absolute Gasteiger partial charge is 0.493 e. The fraction of sp³-hybridized carbons (Fsp3) is 0.533. The average Bonchev–Trinajstić information content (AvgIpc) is 2.83. The number of carbonyl (C=O) groups excluding carboxylic acids is 1. The summed E-state index contributed by atoms with van der Waals surface area (Å²) in [6, 6.07) is 3.48. The number of ether oxygens (including phenoxy) is 2. The molecule has 1 fully saturated rings. The zero-order valence-electron chi connectivity index (χ0n) is 12.2. The van der Waals surface area contributed by atoms with Gasteiger partial charge in [-0.05, 0) is 24.8 Å². The average molecular weight is 278 g/mol. The van der Waals surface area contributed by atoms with Crippen LogP contribution in [0.4, 0.5) is 5.69 Å². The van der Waals surface area contributed by atoms with Crippen molar-refractivity contribution in [3.8, 4) is 11.5 Å². The molecule has 1 aromatic rings. The Morgan fingerprint density at radius 3 is 2.45 bits per heavy atom. The van der Waals surface area contributed by atoms with Gasteiger partial charge in [-0.2, -0.15) is 0 Å². The second kappa shape index (κ2) is 6.03. The minimum Gasteiger partial charge on any atom is -0.493 e. The first kappa shape index (κ1) is 14.5. The van der Waals surface area contributed by atoms with Gasteiger partial charge in [-0.3, -0.25) is 4.79 Å². The van der Waals surface area contributed by atoms with Crippen LogP contribution in [0.5, 0.6) is 11.5 Å². The zero-order valence-corrected chi connectivity index (χ0v) is 12.2. The van der Waals surface area contributed by atoms with Crippen LogP contribution in [0.2, 0.25) is 0 Å². The molecule has 2 rings (SSSR count). The number of nitrogens with two attached hydrogens (primary N) is 1. The van der Waals surface area contributed by atoms with Crippen LogP contribution in [0.1, 0.15) is 36.5 Å². The van der Waals surface area contributed by atoms with Crippen molar-refractivity contribution in [3.63, 3.8) is 0 Å². The quantitative estimate of drug-likeness (QED) is 0.828. The Labute approximate surface area is 119 Å². The van der Waals surface area contributed by atoms with E-state index >= 15 is 0 Å². The Kier molecular flexibility index (Phi) is 4.37. The lowest BCUT2D eigenvalue weighted by Crippen LogP contribution is -2.36. The summed E-state index contributed by atoms with van der Waals surface area (Å²) in [6.07, 6.45) is 3.35. The highest BCUT2D eigenvalue weighted by Gasteiger charge is 2.26. The van der Waals surface area contributed by atoms with Crippen LogP contribution in [-0.2, 0) is 0 Å². The third-order valence-electron chi connectivity index (χ3n) is 3.98. The van der Waals surface area contributed by atoms with Crippen LogP contribution in [0.3, 0.4) is 0 Å². The molecule has 0 bridgehead atoms. The van der Waals surface area contributed by atoms with E-state index in [9.17, 15) is 4.79 Å². The van der Waals surface area contributed by atoms with Gasteiger partial charge < -0.3 is 20.5 Å². The Bertz CT molecular complexity index is 502. The first-order chi connectivity index (χ1) is 9.56. The molecule has 1 amide bonds. The Morgan fingerprint density at radius 1 is 1.25 bits per heavy atom. The van der Waals surface area contributed by atoms with Gasteiger partial charge in [-0.15, -0.1) is 0 Å². The SMILES string of the molecule is COc1cc(N)c(C(=O)NC2CCCC2C)cc1OC. The van der Waals surface area contributed by atoms with Crippen molar-refractivity contribution < 1.29 is 14.3 Å². The van der Waals surface area contributed by atoms with Crippen LogP contribution >= 0.6 is 0 Å². The van der Waals surface area contributed by atoms with E-state index in [0.717, 1.165) is 19.3 Å². The van der Waals surface area contributed by atoms with Crippen LogP contribution in [-0.4, -0.2) is 26.2 Å². The minimum absolute atomic E-state index is 0.151. The minimum atomic E-state index is -0.151. The van der Waals surface area contributed by atoms with E-state index in [1.54, 1.807) is 12.1 Å². The Hall–Kier alpha value is -1.91. The molecule has 0 radical (unpaired) electrons. The number of rotatable bonds is 4. The maximum Gasteiger partial charge on any atom is 0.253 e. The first-order valence-corrected chi connectivity index (χ1v) is 6.89. The van der Waals surface area contributed by atoms with E-state index in [-0.39, 0.29) is 11.9 Å². The number of methoxy groups -OCH3 is 2. The number of nitrogen functional groups attached to an aromatic ring is 1. The molecule has 20 heavy (non-hydrogen) atoms. The molecule has 2 unspecified atom stereocenters. The van der Waals surface area contributed by atoms with Crippen molar-refractivity contribution in [1.82, 2.24) is 5.32 Å². The summed E-state index contributed by atoms with van der Waals surface area (Å²) in [5.41, 5.74) is 6.76. The van der Waals surface area contributed by atoms with Crippen LogP contribution in [0.25, 0.3) is 0 Å². The topological polar surface area (TPSA) is 73.6 Å². The van der Waals surface area contributed by atoms with Crippen molar-refractivity contribution in [3.05, 3.63) is 17.7 Å². The fourth-order valence-electron chi connectivity index (χ4n) is 2.70. The lowest BCUT2D eigenvalue weighted by atomic mass is 10.1. The number of nitrogens with one attached hydrogen (secondary N) is 1. The van der Waals surface area contributed by atoms with E-state index in [4.69, 9.17) is 15.2 Å². The Balaban J connectivity index is 2.21. The molecule has 1 aliphatic rings. The highest BCUT2D eigenvalue weighted by atomic mass is 16.5. The summed E-state index contributed by atoms with van der Waals surface area (Å²) >= 11 is 0. The van der Waals surface area contributed by atoms with Gasteiger partial charge in [0, 0.05) is 17.8 Å². The third-order valence-corrected chi connectivity index (χ3v) is 3.98. The molecule has 1 aromatic carbocycles. The predicted octanol–water partition coefficient (Wildman–Crippen LogP) is 2.20. The number of benzene rings is 1. The summed E-state index contributed by atoms with van der Waals surface area (Å²) in [5, 5.41) is 3.06. The Morgan fingerprint density at radius 2 is 1.90 bits per heavy atom. The van der Waals surface area contributed by atoms with Crippen molar-refractivity contribution in [2.24, 2.45) is 5.92 Å². The molecular formula is C15H22N2O3. The van der Waals surface area contributed by atoms with Crippen molar-refractivity contribution in [2.45, 2.75) is 32.2 Å². The second-order valence-corrected chi connectivity index (χ2v) is 5.28. The lowest BCUT2D eigenvalue weighted by Gasteiger charge is -2.18. The number of carbonyl (C=O) groups is 1. The number of anilines is 1. The summed E-state index contributed by atoms with van der Waals surface area (Å²) in [5.74, 6) is 1.39. The van der Waals surface area contributed by atoms with Gasteiger partial charge in [0.15, 0.2) is 11.5 Å². The molecule has 1 saturated carbocycles. The van der Waals surface area contributed by atoms with Crippen LogP contribution < -0.4 is 20.5 Å². The molecule has 1 aliphatic carbocycles. The monoisotopic (exact) mass is 278 g/mol. The summed E-state index contributed by atoms with van der Waals surface area (Å²) in [7, 11) is 3.08. The molecule has 0 heterocycles. The molecule has 3 N–H and O–H groups in total. The van der Waals surface area contributed by atoms with E-state index in [1.165, 1.54) is 14.2 Å². The fourth-order valence-corrected chi connectivity index (χ4v) is 2.70. The molecule has 5 heteroatoms. The molecule has 5 nitrogen and oxygen atoms in total. The molecule has 110 valence electrons. The summed E-state index contributed by atoms with van der Waals surface area (Å²) < 4.78 is 10.4. The van der Waals surface area contributed by atoms with Gasteiger partial charge in [-0.1, -0.05) is 13.3 Å². The summed E-state index contributed by atoms with van der Waals surface area (Å²) in [4.78, 5) is 12.3. The van der Waals surface area contributed by atoms with E-state index in [0.29, 0.717) is 28.7 Å². The van der Waals surface area contributed by atoms with E-state index in [2.05, 4.69) is 12.2 Å². The maximum absolute atomic E-state index is 12.3. The highest BCUT2D eigenvalue weighted by Crippen LogP contribution is 2.32. The highest BCUT2D eigenvalue weighted by molar-refractivity contribution is 6.00. The smallest absolute Gasteiger partial charge is 0.253 e. The van der Waals surface area contributed by atoms with Gasteiger partial charge in [0.2, 0.25) is 0 Å². The molecule has 0 saturated heterocycles. The number of hydrogen-bond donors (Lipinski definition) is 2. The molecular weight excluding hydrogens is 256 g/mol. The van der Waals surface area contributed by atoms with Gasteiger partial charge in [0.05, 0.1) is 19.8 Å². The lowest BCUT2D eigenvalue weighted by molar-refractivity contribution is 0.0930. The second-order valence-electron chi connectivity index (χ2n) is 5.28. The zero-order chi connectivity index (χ0) is 14.7. The molecule has 0 spiro atoms.